The first-order chi connectivity index (χ1) is 14.2. The number of aromatic nitrogens is 3. The first-order valence-corrected chi connectivity index (χ1v) is 10.4. The number of hydrogen-bond donors (Lipinski definition) is 1. The fourth-order valence-electron chi connectivity index (χ4n) is 2.69. The molecule has 3 aromatic rings. The molecule has 0 radical (unpaired) electrons. The minimum Gasteiger partial charge on any atom is -0.458 e. The van der Waals surface area contributed by atoms with Gasteiger partial charge in [0.15, 0.2) is 0 Å². The van der Waals surface area contributed by atoms with Gasteiger partial charge in [-0.15, -0.1) is 0 Å². The molecule has 1 N–H and O–H groups in total. The van der Waals surface area contributed by atoms with Crippen LogP contribution in [0.15, 0.2) is 35.1 Å². The van der Waals surface area contributed by atoms with E-state index in [1.54, 1.807) is 12.1 Å². The number of carbonyl (C=O) groups excluding carboxylic acids is 2. The van der Waals surface area contributed by atoms with E-state index in [2.05, 4.69) is 36.2 Å². The third-order valence-corrected chi connectivity index (χ3v) is 5.48. The van der Waals surface area contributed by atoms with Crippen LogP contribution in [0.3, 0.4) is 0 Å². The Labute approximate surface area is 177 Å². The Morgan fingerprint density at radius 3 is 2.53 bits per heavy atom. The second kappa shape index (κ2) is 8.74. The number of fused-ring (bicyclic) bond motifs is 1. The molecule has 0 aliphatic heterocycles. The first kappa shape index (κ1) is 21.6. The molecule has 3 rings (SSSR count). The lowest BCUT2D eigenvalue weighted by Gasteiger charge is -2.19. The molecule has 0 saturated heterocycles. The molecule has 2 heterocycles. The highest BCUT2D eigenvalue weighted by atomic mass is 32.1. The molecule has 1 amide bonds. The maximum atomic E-state index is 12.2. The minimum atomic E-state index is -0.616. The largest absolute Gasteiger partial charge is 0.458 e. The molecule has 8 nitrogen and oxygen atoms in total. The van der Waals surface area contributed by atoms with E-state index in [1.165, 1.54) is 21.9 Å². The maximum absolute atomic E-state index is 12.2. The van der Waals surface area contributed by atoms with E-state index >= 15 is 0 Å². The van der Waals surface area contributed by atoms with E-state index in [0.29, 0.717) is 22.6 Å². The topological polar surface area (TPSA) is 103 Å². The summed E-state index contributed by atoms with van der Waals surface area (Å²) in [6.07, 6.45) is 0.705. The quantitative estimate of drug-likeness (QED) is 0.605. The van der Waals surface area contributed by atoms with Gasteiger partial charge < -0.3 is 10.1 Å². The van der Waals surface area contributed by atoms with Crippen LogP contribution < -0.4 is 10.9 Å². The summed E-state index contributed by atoms with van der Waals surface area (Å²) < 4.78 is 6.37. The van der Waals surface area contributed by atoms with Crippen LogP contribution in [-0.4, -0.2) is 33.0 Å². The Kier molecular flexibility index (Phi) is 6.31. The number of rotatable bonds is 6. The number of benzene rings is 1. The standard InChI is InChI=1S/C21H24N4O4S/c1-5-16-24-25-17(26)10-15(23-20(25)30-16)12-29-18(27)11-22-19(28)13-6-8-14(9-7-13)21(2,3)4/h6-10H,5,11-12H2,1-4H3,(H,22,28). The zero-order valence-electron chi connectivity index (χ0n) is 17.4. The normalized spacial score (nSPS) is 11.5. The molecule has 0 spiro atoms. The van der Waals surface area contributed by atoms with E-state index in [1.807, 2.05) is 19.1 Å². The van der Waals surface area contributed by atoms with Crippen LogP contribution in [0.1, 0.15) is 54.3 Å². The van der Waals surface area contributed by atoms with Crippen molar-refractivity contribution in [3.63, 3.8) is 0 Å². The van der Waals surface area contributed by atoms with Crippen molar-refractivity contribution in [2.24, 2.45) is 0 Å². The van der Waals surface area contributed by atoms with Crippen molar-refractivity contribution in [1.29, 1.82) is 0 Å². The van der Waals surface area contributed by atoms with Crippen LogP contribution >= 0.6 is 11.3 Å². The highest BCUT2D eigenvalue weighted by Gasteiger charge is 2.15. The Morgan fingerprint density at radius 1 is 1.20 bits per heavy atom. The summed E-state index contributed by atoms with van der Waals surface area (Å²) in [5, 5.41) is 7.50. The van der Waals surface area contributed by atoms with Crippen LogP contribution in [0.5, 0.6) is 0 Å². The average molecular weight is 429 g/mol. The molecule has 0 unspecified atom stereocenters. The zero-order valence-corrected chi connectivity index (χ0v) is 18.2. The molecule has 0 aliphatic rings. The number of ether oxygens (including phenoxy) is 1. The molecule has 2 aromatic heterocycles. The fraction of sp³-hybridized carbons (Fsp3) is 0.381. The van der Waals surface area contributed by atoms with Crippen LogP contribution in [0.4, 0.5) is 0 Å². The predicted molar refractivity (Wildman–Crippen MR) is 114 cm³/mol. The summed E-state index contributed by atoms with van der Waals surface area (Å²) in [7, 11) is 0. The van der Waals surface area contributed by atoms with Crippen LogP contribution in [-0.2, 0) is 28.0 Å². The molecular formula is C21H24N4O4S. The summed E-state index contributed by atoms with van der Waals surface area (Å²) in [6.45, 7) is 7.80. The van der Waals surface area contributed by atoms with Crippen molar-refractivity contribution >= 4 is 28.2 Å². The molecule has 0 bridgehead atoms. The smallest absolute Gasteiger partial charge is 0.325 e. The molecule has 0 saturated carbocycles. The lowest BCUT2D eigenvalue weighted by atomic mass is 9.87. The van der Waals surface area contributed by atoms with E-state index in [9.17, 15) is 14.4 Å². The maximum Gasteiger partial charge on any atom is 0.325 e. The molecule has 0 atom stereocenters. The van der Waals surface area contributed by atoms with Gasteiger partial charge in [0.05, 0.1) is 5.69 Å². The van der Waals surface area contributed by atoms with Gasteiger partial charge in [-0.1, -0.05) is 51.2 Å². The molecule has 0 fully saturated rings. The fourth-order valence-corrected chi connectivity index (χ4v) is 3.55. The zero-order chi connectivity index (χ0) is 21.9. The second-order valence-electron chi connectivity index (χ2n) is 7.80. The lowest BCUT2D eigenvalue weighted by molar-refractivity contribution is -0.143. The molecule has 1 aromatic carbocycles. The van der Waals surface area contributed by atoms with Gasteiger partial charge >= 0.3 is 5.97 Å². The third kappa shape index (κ3) is 5.10. The average Bonchev–Trinajstić information content (AvgIpc) is 3.14. The number of nitrogens with one attached hydrogen (secondary N) is 1. The predicted octanol–water partition coefficient (Wildman–Crippen LogP) is 2.48. The minimum absolute atomic E-state index is 0.00436. The third-order valence-electron chi connectivity index (χ3n) is 4.43. The van der Waals surface area contributed by atoms with Gasteiger partial charge in [-0.25, -0.2) is 4.98 Å². The van der Waals surface area contributed by atoms with E-state index in [0.717, 1.165) is 10.6 Å². The Balaban J connectivity index is 1.54. The first-order valence-electron chi connectivity index (χ1n) is 9.60. The van der Waals surface area contributed by atoms with Gasteiger partial charge in [0, 0.05) is 11.6 Å². The van der Waals surface area contributed by atoms with Crippen LogP contribution in [0, 0.1) is 0 Å². The SMILES string of the molecule is CCc1nn2c(=O)cc(COC(=O)CNC(=O)c3ccc(C(C)(C)C)cc3)nc2s1. The Hall–Kier alpha value is -3.07. The molecule has 30 heavy (non-hydrogen) atoms. The molecule has 0 aliphatic carbocycles. The van der Waals surface area contributed by atoms with Gasteiger partial charge in [-0.3, -0.25) is 14.4 Å². The van der Waals surface area contributed by atoms with Crippen molar-refractivity contribution in [2.75, 3.05) is 6.54 Å². The number of nitrogens with zero attached hydrogens (tertiary/aromatic N) is 3. The van der Waals surface area contributed by atoms with Gasteiger partial charge in [0.25, 0.3) is 11.5 Å². The highest BCUT2D eigenvalue weighted by molar-refractivity contribution is 7.16. The number of aryl methyl sites for hydroxylation is 1. The lowest BCUT2D eigenvalue weighted by Crippen LogP contribution is -2.30. The number of hydrogen-bond acceptors (Lipinski definition) is 7. The second-order valence-corrected chi connectivity index (χ2v) is 8.84. The summed E-state index contributed by atoms with van der Waals surface area (Å²) >= 11 is 1.32. The van der Waals surface area contributed by atoms with E-state index < -0.39 is 5.97 Å². The van der Waals surface area contributed by atoms with E-state index in [4.69, 9.17) is 4.74 Å². The Bertz CT molecular complexity index is 1130. The molecule has 9 heteroatoms. The summed E-state index contributed by atoms with van der Waals surface area (Å²) in [6, 6.07) is 8.55. The van der Waals surface area contributed by atoms with Crippen LogP contribution in [0.25, 0.3) is 4.96 Å². The van der Waals surface area contributed by atoms with Crippen molar-refractivity contribution in [1.82, 2.24) is 19.9 Å². The number of amides is 1. The monoisotopic (exact) mass is 428 g/mol. The summed E-state index contributed by atoms with van der Waals surface area (Å²) in [4.78, 5) is 41.1. The Morgan fingerprint density at radius 2 is 1.90 bits per heavy atom. The van der Waals surface area contributed by atoms with Gasteiger partial charge in [0.1, 0.15) is 18.2 Å². The van der Waals surface area contributed by atoms with Crippen molar-refractivity contribution in [2.45, 2.75) is 46.1 Å². The molecular weight excluding hydrogens is 404 g/mol. The van der Waals surface area contributed by atoms with Crippen molar-refractivity contribution in [3.05, 3.63) is 62.5 Å². The number of esters is 1. The molecule has 158 valence electrons. The number of carbonyl (C=O) groups is 2. The van der Waals surface area contributed by atoms with Gasteiger partial charge in [-0.2, -0.15) is 9.61 Å². The van der Waals surface area contributed by atoms with Gasteiger partial charge in [-0.05, 0) is 29.5 Å². The van der Waals surface area contributed by atoms with Crippen molar-refractivity contribution < 1.29 is 14.3 Å². The van der Waals surface area contributed by atoms with Crippen molar-refractivity contribution in [3.8, 4) is 0 Å². The summed E-state index contributed by atoms with van der Waals surface area (Å²) in [5.41, 5.74) is 1.59. The van der Waals surface area contributed by atoms with Gasteiger partial charge in [0.2, 0.25) is 4.96 Å². The van der Waals surface area contributed by atoms with Crippen LogP contribution in [0.2, 0.25) is 0 Å². The van der Waals surface area contributed by atoms with E-state index in [-0.39, 0.29) is 30.0 Å². The highest BCUT2D eigenvalue weighted by Crippen LogP contribution is 2.22. The summed E-state index contributed by atoms with van der Waals surface area (Å²) in [5.74, 6) is -0.975.